The van der Waals surface area contributed by atoms with Crippen LogP contribution in [0.2, 0.25) is 5.02 Å². The van der Waals surface area contributed by atoms with Gasteiger partial charge in [-0.15, -0.1) is 0 Å². The Hall–Kier alpha value is -2.40. The van der Waals surface area contributed by atoms with Gasteiger partial charge in [-0.3, -0.25) is 15.1 Å². The van der Waals surface area contributed by atoms with Gasteiger partial charge < -0.3 is 5.11 Å². The first-order valence-corrected chi connectivity index (χ1v) is 6.64. The van der Waals surface area contributed by atoms with E-state index in [9.17, 15) is 15.2 Å². The van der Waals surface area contributed by atoms with Crippen LogP contribution in [-0.4, -0.2) is 17.7 Å². The van der Waals surface area contributed by atoms with Gasteiger partial charge in [-0.25, -0.2) is 0 Å². The summed E-state index contributed by atoms with van der Waals surface area (Å²) < 4.78 is 0. The number of nitro groups is 1. The molecule has 0 aliphatic carbocycles. The fourth-order valence-corrected chi connectivity index (χ4v) is 1.88. The second kappa shape index (κ2) is 6.85. The third-order valence-corrected chi connectivity index (χ3v) is 3.13. The molecule has 108 valence electrons. The number of hydrogen-bond donors (Lipinski definition) is 0. The van der Waals surface area contributed by atoms with Crippen LogP contribution in [0.5, 0.6) is 5.75 Å². The molecule has 5 nitrogen and oxygen atoms in total. The number of hydrogen-bond acceptors (Lipinski definition) is 4. The Bertz CT molecular complexity index is 669. The lowest BCUT2D eigenvalue weighted by molar-refractivity contribution is -0.385. The van der Waals surface area contributed by atoms with E-state index >= 15 is 0 Å². The molecule has 0 fully saturated rings. The molecule has 2 aromatic carbocycles. The van der Waals surface area contributed by atoms with Gasteiger partial charge in [0.1, 0.15) is 0 Å². The number of non-ortho nitro benzene ring substituents is 1. The lowest BCUT2D eigenvalue weighted by atomic mass is 10.1. The number of rotatable bonds is 5. The number of nitrogens with zero attached hydrogens (tertiary/aromatic N) is 2. The van der Waals surface area contributed by atoms with Crippen LogP contribution in [0.25, 0.3) is 0 Å². The normalized spacial score (nSPS) is 10.9. The topological polar surface area (TPSA) is 78.6 Å². The summed E-state index contributed by atoms with van der Waals surface area (Å²) in [4.78, 5) is 14.3. The van der Waals surface area contributed by atoms with E-state index in [0.717, 1.165) is 5.56 Å². The molecule has 0 aliphatic heterocycles. The first kappa shape index (κ1) is 15.0. The Morgan fingerprint density at radius 2 is 1.90 bits per heavy atom. The van der Waals surface area contributed by atoms with Crippen molar-refractivity contribution >= 4 is 23.5 Å². The highest BCUT2D eigenvalue weighted by Crippen LogP contribution is 2.19. The molecular formula is C15H12ClN2O3-. The van der Waals surface area contributed by atoms with Crippen LogP contribution in [0.15, 0.2) is 47.5 Å². The zero-order valence-electron chi connectivity index (χ0n) is 11.0. The van der Waals surface area contributed by atoms with Gasteiger partial charge in [-0.1, -0.05) is 35.5 Å². The maximum Gasteiger partial charge on any atom is 0.270 e. The van der Waals surface area contributed by atoms with Gasteiger partial charge in [-0.2, -0.15) is 0 Å². The van der Waals surface area contributed by atoms with E-state index in [1.807, 2.05) is 12.1 Å². The molecule has 0 saturated carbocycles. The molecule has 0 amide bonds. The molecule has 0 radical (unpaired) electrons. The number of aliphatic imine (C=N–C) groups is 1. The maximum absolute atomic E-state index is 11.6. The smallest absolute Gasteiger partial charge is 0.270 e. The highest BCUT2D eigenvalue weighted by Gasteiger charge is 2.05. The summed E-state index contributed by atoms with van der Waals surface area (Å²) in [6.07, 6.45) is 2.09. The van der Waals surface area contributed by atoms with Crippen molar-refractivity contribution in [1.82, 2.24) is 0 Å². The molecule has 2 rings (SSSR count). The summed E-state index contributed by atoms with van der Waals surface area (Å²) in [6.45, 7) is 0.490. The highest BCUT2D eigenvalue weighted by atomic mass is 35.5. The van der Waals surface area contributed by atoms with Gasteiger partial charge in [0, 0.05) is 29.9 Å². The fourth-order valence-electron chi connectivity index (χ4n) is 1.76. The van der Waals surface area contributed by atoms with Crippen molar-refractivity contribution in [2.45, 2.75) is 6.42 Å². The van der Waals surface area contributed by atoms with E-state index in [0.29, 0.717) is 18.0 Å². The Labute approximate surface area is 126 Å². The van der Waals surface area contributed by atoms with Gasteiger partial charge >= 0.3 is 0 Å². The molecule has 6 heteroatoms. The average Bonchev–Trinajstić information content (AvgIpc) is 2.47. The molecule has 0 bridgehead atoms. The van der Waals surface area contributed by atoms with Crippen LogP contribution in [0.4, 0.5) is 5.69 Å². The van der Waals surface area contributed by atoms with Crippen LogP contribution in [0.3, 0.4) is 0 Å². The lowest BCUT2D eigenvalue weighted by Crippen LogP contribution is -1.99. The van der Waals surface area contributed by atoms with E-state index < -0.39 is 4.92 Å². The molecule has 0 atom stereocenters. The van der Waals surface area contributed by atoms with Crippen LogP contribution in [-0.2, 0) is 6.42 Å². The van der Waals surface area contributed by atoms with Gasteiger partial charge in [0.25, 0.3) is 5.69 Å². The third-order valence-electron chi connectivity index (χ3n) is 2.88. The highest BCUT2D eigenvalue weighted by molar-refractivity contribution is 6.30. The minimum Gasteiger partial charge on any atom is -0.872 e. The van der Waals surface area contributed by atoms with Crippen molar-refractivity contribution in [2.24, 2.45) is 4.99 Å². The molecule has 0 N–H and O–H groups in total. The van der Waals surface area contributed by atoms with Crippen molar-refractivity contribution in [3.8, 4) is 5.75 Å². The molecule has 0 saturated heterocycles. The minimum absolute atomic E-state index is 0.117. The maximum atomic E-state index is 11.6. The Kier molecular flexibility index (Phi) is 4.90. The molecule has 0 unspecified atom stereocenters. The van der Waals surface area contributed by atoms with E-state index in [4.69, 9.17) is 11.6 Å². The van der Waals surface area contributed by atoms with Crippen LogP contribution < -0.4 is 5.11 Å². The van der Waals surface area contributed by atoms with Crippen molar-refractivity contribution in [3.05, 3.63) is 68.7 Å². The summed E-state index contributed by atoms with van der Waals surface area (Å²) in [5, 5.41) is 22.9. The van der Waals surface area contributed by atoms with Crippen molar-refractivity contribution in [3.63, 3.8) is 0 Å². The zero-order chi connectivity index (χ0) is 15.2. The summed E-state index contributed by atoms with van der Waals surface area (Å²) in [5.74, 6) is -0.282. The number of nitro benzene ring substituents is 1. The first-order valence-electron chi connectivity index (χ1n) is 6.26. The quantitative estimate of drug-likeness (QED) is 0.484. The first-order chi connectivity index (χ1) is 10.1. The monoisotopic (exact) mass is 303 g/mol. The standard InChI is InChI=1S/C15H13ClN2O3/c16-13-3-1-11(2-4-13)7-8-17-10-12-9-14(18(20)21)5-6-15(12)19/h1-6,9-10,19H,7-8H2/p-1. The van der Waals surface area contributed by atoms with E-state index in [2.05, 4.69) is 4.99 Å². The molecule has 0 heterocycles. The van der Waals surface area contributed by atoms with Crippen LogP contribution >= 0.6 is 11.6 Å². The summed E-state index contributed by atoms with van der Waals surface area (Å²) in [6, 6.07) is 11.0. The Balaban J connectivity index is 1.99. The molecule has 2 aromatic rings. The van der Waals surface area contributed by atoms with E-state index in [1.54, 1.807) is 12.1 Å². The Morgan fingerprint density at radius 1 is 1.19 bits per heavy atom. The average molecular weight is 304 g/mol. The molecule has 21 heavy (non-hydrogen) atoms. The fraction of sp³-hybridized carbons (Fsp3) is 0.133. The lowest BCUT2D eigenvalue weighted by Gasteiger charge is -2.08. The summed E-state index contributed by atoms with van der Waals surface area (Å²) >= 11 is 5.79. The molecule has 0 spiro atoms. The molecule has 0 aliphatic rings. The van der Waals surface area contributed by atoms with Gasteiger partial charge in [0.05, 0.1) is 4.92 Å². The third kappa shape index (κ3) is 4.29. The molecule has 0 aromatic heterocycles. The van der Waals surface area contributed by atoms with Crippen molar-refractivity contribution < 1.29 is 10.0 Å². The predicted molar refractivity (Wildman–Crippen MR) is 80.2 cm³/mol. The number of benzene rings is 2. The second-order valence-electron chi connectivity index (χ2n) is 4.39. The summed E-state index contributed by atoms with van der Waals surface area (Å²) in [7, 11) is 0. The van der Waals surface area contributed by atoms with E-state index in [-0.39, 0.29) is 17.0 Å². The van der Waals surface area contributed by atoms with Gasteiger partial charge in [0.15, 0.2) is 0 Å². The minimum atomic E-state index is -0.537. The van der Waals surface area contributed by atoms with Gasteiger partial charge in [0.2, 0.25) is 0 Å². The summed E-state index contributed by atoms with van der Waals surface area (Å²) in [5.41, 5.74) is 1.19. The van der Waals surface area contributed by atoms with E-state index in [1.165, 1.54) is 24.4 Å². The zero-order valence-corrected chi connectivity index (χ0v) is 11.8. The number of halogens is 1. The van der Waals surface area contributed by atoms with Crippen molar-refractivity contribution in [2.75, 3.05) is 6.54 Å². The van der Waals surface area contributed by atoms with Crippen molar-refractivity contribution in [1.29, 1.82) is 0 Å². The van der Waals surface area contributed by atoms with Crippen LogP contribution in [0.1, 0.15) is 11.1 Å². The van der Waals surface area contributed by atoms with Crippen LogP contribution in [0, 0.1) is 10.1 Å². The SMILES string of the molecule is O=[N+]([O-])c1ccc([O-])c(C=NCCc2ccc(Cl)cc2)c1. The Morgan fingerprint density at radius 3 is 2.57 bits per heavy atom. The predicted octanol–water partition coefficient (Wildman–Crippen LogP) is 2.98. The largest absolute Gasteiger partial charge is 0.872 e. The van der Waals surface area contributed by atoms with Gasteiger partial charge in [-0.05, 0) is 29.7 Å². The molecular weight excluding hydrogens is 292 g/mol. The second-order valence-corrected chi connectivity index (χ2v) is 4.83.